The molecule has 16 heavy (non-hydrogen) atoms. The summed E-state index contributed by atoms with van der Waals surface area (Å²) >= 11 is 8.14. The van der Waals surface area contributed by atoms with Gasteiger partial charge in [-0.3, -0.25) is 4.79 Å². The number of rotatable bonds is 5. The third-order valence-corrected chi connectivity index (χ3v) is 7.89. The van der Waals surface area contributed by atoms with E-state index < -0.39 is 3.41 Å². The van der Waals surface area contributed by atoms with Crippen LogP contribution in [0.2, 0.25) is 0 Å². The highest BCUT2D eigenvalue weighted by atomic mass is 79.9. The van der Waals surface area contributed by atoms with Gasteiger partial charge in [0, 0.05) is 10.0 Å². The van der Waals surface area contributed by atoms with Crippen molar-refractivity contribution in [2.45, 2.75) is 3.41 Å². The predicted molar refractivity (Wildman–Crippen MR) is 81.7 cm³/mol. The molecule has 1 rings (SSSR count). The van der Waals surface area contributed by atoms with E-state index in [2.05, 4.69) is 15.9 Å². The first-order valence-corrected chi connectivity index (χ1v) is 9.02. The highest BCUT2D eigenvalue weighted by molar-refractivity contribution is 9.10. The molecule has 0 N–H and O–H groups in total. The van der Waals surface area contributed by atoms with Crippen molar-refractivity contribution >= 4 is 57.0 Å². The molecular formula is C11H13BrOS3. The molecule has 88 valence electrons. The Bertz CT molecular complexity index is 352. The first kappa shape index (κ1) is 14.5. The molecule has 0 radical (unpaired) electrons. The number of halogens is 1. The zero-order valence-corrected chi connectivity index (χ0v) is 13.4. The van der Waals surface area contributed by atoms with Gasteiger partial charge in [0.25, 0.3) is 0 Å². The molecule has 0 aliphatic rings. The zero-order chi connectivity index (χ0) is 12.2. The van der Waals surface area contributed by atoms with Crippen molar-refractivity contribution in [1.29, 1.82) is 0 Å². The summed E-state index contributed by atoms with van der Waals surface area (Å²) in [5, 5.41) is 0. The lowest BCUT2D eigenvalue weighted by atomic mass is 10.1. The Morgan fingerprint density at radius 1 is 1.06 bits per heavy atom. The van der Waals surface area contributed by atoms with Crippen LogP contribution in [0.25, 0.3) is 0 Å². The van der Waals surface area contributed by atoms with Crippen molar-refractivity contribution in [3.63, 3.8) is 0 Å². The molecule has 0 aliphatic heterocycles. The van der Waals surface area contributed by atoms with Crippen LogP contribution >= 0.6 is 51.2 Å². The summed E-state index contributed by atoms with van der Waals surface area (Å²) < 4.78 is 0.570. The van der Waals surface area contributed by atoms with E-state index >= 15 is 0 Å². The van der Waals surface area contributed by atoms with Gasteiger partial charge in [-0.05, 0) is 30.9 Å². The molecule has 0 amide bonds. The van der Waals surface area contributed by atoms with E-state index in [4.69, 9.17) is 0 Å². The van der Waals surface area contributed by atoms with Gasteiger partial charge in [-0.25, -0.2) is 0 Å². The Hall–Kier alpha value is 0.420. The van der Waals surface area contributed by atoms with E-state index in [-0.39, 0.29) is 5.78 Å². The Morgan fingerprint density at radius 2 is 1.50 bits per heavy atom. The largest absolute Gasteiger partial charge is 0.291 e. The van der Waals surface area contributed by atoms with Crippen molar-refractivity contribution in [3.8, 4) is 0 Å². The number of ketones is 1. The van der Waals surface area contributed by atoms with Crippen LogP contribution in [0.15, 0.2) is 28.7 Å². The lowest BCUT2D eigenvalue weighted by Gasteiger charge is -2.26. The third kappa shape index (κ3) is 3.00. The quantitative estimate of drug-likeness (QED) is 0.586. The Kier molecular flexibility index (Phi) is 5.77. The predicted octanol–water partition coefficient (Wildman–Crippen LogP) is 4.37. The molecule has 1 aromatic carbocycles. The van der Waals surface area contributed by atoms with Crippen LogP contribution in [-0.2, 0) is 0 Å². The van der Waals surface area contributed by atoms with E-state index in [1.165, 1.54) is 0 Å². The van der Waals surface area contributed by atoms with E-state index in [1.807, 2.05) is 43.0 Å². The number of carbonyl (C=O) groups excluding carboxylic acids is 1. The highest BCUT2D eigenvalue weighted by Gasteiger charge is 2.36. The lowest BCUT2D eigenvalue weighted by molar-refractivity contribution is 0.100. The minimum Gasteiger partial charge on any atom is -0.291 e. The van der Waals surface area contributed by atoms with Gasteiger partial charge in [-0.15, -0.1) is 35.3 Å². The maximum absolute atomic E-state index is 12.4. The van der Waals surface area contributed by atoms with Crippen molar-refractivity contribution in [2.24, 2.45) is 0 Å². The minimum atomic E-state index is -0.423. The summed E-state index contributed by atoms with van der Waals surface area (Å²) in [5.74, 6) is 0.174. The lowest BCUT2D eigenvalue weighted by Crippen LogP contribution is -2.27. The van der Waals surface area contributed by atoms with Crippen LogP contribution in [0, 0.1) is 0 Å². The second kappa shape index (κ2) is 6.38. The topological polar surface area (TPSA) is 17.1 Å². The molecule has 1 nitrogen and oxygen atoms in total. The van der Waals surface area contributed by atoms with Crippen LogP contribution in [0.4, 0.5) is 0 Å². The van der Waals surface area contributed by atoms with E-state index in [0.29, 0.717) is 0 Å². The molecule has 0 heterocycles. The van der Waals surface area contributed by atoms with Crippen LogP contribution < -0.4 is 0 Å². The van der Waals surface area contributed by atoms with Crippen LogP contribution in [0.3, 0.4) is 0 Å². The van der Waals surface area contributed by atoms with Gasteiger partial charge in [0.2, 0.25) is 0 Å². The number of hydrogen-bond acceptors (Lipinski definition) is 4. The Labute approximate surface area is 118 Å². The fourth-order valence-corrected chi connectivity index (χ4v) is 4.48. The number of thioether (sulfide) groups is 3. The molecule has 0 unspecified atom stereocenters. The van der Waals surface area contributed by atoms with E-state index in [0.717, 1.165) is 10.0 Å². The molecule has 0 aliphatic carbocycles. The fraction of sp³-hybridized carbons (Fsp3) is 0.364. The summed E-state index contributed by atoms with van der Waals surface area (Å²) in [6.45, 7) is 0. The van der Waals surface area contributed by atoms with Crippen molar-refractivity contribution in [3.05, 3.63) is 34.3 Å². The van der Waals surface area contributed by atoms with Gasteiger partial charge in [0.1, 0.15) is 0 Å². The van der Waals surface area contributed by atoms with Gasteiger partial charge in [-0.1, -0.05) is 28.1 Å². The standard InChI is InChI=1S/C11H13BrOS3/c1-14-11(15-2,16-3)10(13)8-4-6-9(12)7-5-8/h4-7H,1-3H3. The van der Waals surface area contributed by atoms with Crippen LogP contribution in [0.1, 0.15) is 10.4 Å². The van der Waals surface area contributed by atoms with Gasteiger partial charge in [0.15, 0.2) is 9.19 Å². The minimum absolute atomic E-state index is 0.174. The molecule has 0 aromatic heterocycles. The highest BCUT2D eigenvalue weighted by Crippen LogP contribution is 2.45. The van der Waals surface area contributed by atoms with Crippen LogP contribution in [0.5, 0.6) is 0 Å². The Morgan fingerprint density at radius 3 is 1.88 bits per heavy atom. The summed E-state index contributed by atoms with van der Waals surface area (Å²) in [7, 11) is 0. The fourth-order valence-electron chi connectivity index (χ4n) is 1.31. The smallest absolute Gasteiger partial charge is 0.199 e. The normalized spacial score (nSPS) is 11.5. The molecule has 5 heteroatoms. The summed E-state index contributed by atoms with van der Waals surface area (Å²) in [6, 6.07) is 7.53. The molecule has 0 fully saturated rings. The van der Waals surface area contributed by atoms with Gasteiger partial charge in [0.05, 0.1) is 0 Å². The van der Waals surface area contributed by atoms with Crippen molar-refractivity contribution in [2.75, 3.05) is 18.8 Å². The maximum Gasteiger partial charge on any atom is 0.199 e. The monoisotopic (exact) mass is 336 g/mol. The molecule has 0 spiro atoms. The van der Waals surface area contributed by atoms with Crippen molar-refractivity contribution in [1.82, 2.24) is 0 Å². The second-order valence-electron chi connectivity index (χ2n) is 3.00. The van der Waals surface area contributed by atoms with E-state index in [9.17, 15) is 4.79 Å². The molecular weight excluding hydrogens is 324 g/mol. The summed E-state index contributed by atoms with van der Waals surface area (Å²) in [5.41, 5.74) is 0.765. The number of benzene rings is 1. The summed E-state index contributed by atoms with van der Waals surface area (Å²) in [4.78, 5) is 12.4. The zero-order valence-electron chi connectivity index (χ0n) is 9.32. The number of carbonyl (C=O) groups is 1. The maximum atomic E-state index is 12.4. The van der Waals surface area contributed by atoms with Gasteiger partial charge in [-0.2, -0.15) is 0 Å². The first-order chi connectivity index (χ1) is 7.59. The third-order valence-electron chi connectivity index (χ3n) is 2.19. The second-order valence-corrected chi connectivity index (χ2v) is 7.76. The molecule has 1 aromatic rings. The van der Waals surface area contributed by atoms with E-state index in [1.54, 1.807) is 35.3 Å². The molecule has 0 saturated carbocycles. The molecule has 0 bridgehead atoms. The van der Waals surface area contributed by atoms with Crippen molar-refractivity contribution < 1.29 is 4.79 Å². The molecule has 0 atom stereocenters. The number of hydrogen-bond donors (Lipinski definition) is 0. The SMILES string of the molecule is CSC(SC)(SC)C(=O)c1ccc(Br)cc1. The average Bonchev–Trinajstić information content (AvgIpc) is 2.33. The molecule has 0 saturated heterocycles. The number of Topliss-reactive ketones (excluding diaryl/α,β-unsaturated/α-hetero) is 1. The summed E-state index contributed by atoms with van der Waals surface area (Å²) in [6.07, 6.45) is 5.93. The average molecular weight is 337 g/mol. The first-order valence-electron chi connectivity index (χ1n) is 4.55. The van der Waals surface area contributed by atoms with Gasteiger partial charge >= 0.3 is 0 Å². The van der Waals surface area contributed by atoms with Crippen LogP contribution in [-0.4, -0.2) is 28.0 Å². The Balaban J connectivity index is 3.04. The van der Waals surface area contributed by atoms with Gasteiger partial charge < -0.3 is 0 Å².